The van der Waals surface area contributed by atoms with E-state index in [1.165, 1.54) is 17.8 Å². The fourth-order valence-electron chi connectivity index (χ4n) is 3.20. The van der Waals surface area contributed by atoms with Gasteiger partial charge < -0.3 is 10.0 Å². The molecular weight excluding hydrogens is 308 g/mol. The van der Waals surface area contributed by atoms with Crippen LogP contribution < -0.4 is 0 Å². The van der Waals surface area contributed by atoms with Gasteiger partial charge in [-0.25, -0.2) is 4.79 Å². The Balaban J connectivity index is 1.73. The molecule has 7 nitrogen and oxygen atoms in total. The monoisotopic (exact) mass is 328 g/mol. The molecular formula is C17H20N4O3. The number of hydrogen-bond donors (Lipinski definition) is 2. The third-order valence-corrected chi connectivity index (χ3v) is 4.66. The maximum Gasteiger partial charge on any atom is 0.337 e. The highest BCUT2D eigenvalue weighted by Crippen LogP contribution is 2.30. The van der Waals surface area contributed by atoms with Gasteiger partial charge in [0.05, 0.1) is 23.0 Å². The zero-order chi connectivity index (χ0) is 17.3. The maximum absolute atomic E-state index is 12.7. The van der Waals surface area contributed by atoms with Crippen LogP contribution in [0.25, 0.3) is 0 Å². The van der Waals surface area contributed by atoms with Crippen molar-refractivity contribution in [1.29, 1.82) is 0 Å². The standard InChI is InChI=1S/C17H20N4O3/c1-10-14(7-13(8-18-10)17(23)24)16(22)21-5-3-12(4-6-21)15-9-19-20-11(15)2/h7-9,12H,3-6H2,1-2H3,(H,19,20)(H,23,24). The Kier molecular flexibility index (Phi) is 4.33. The Morgan fingerprint density at radius 1 is 1.25 bits per heavy atom. The van der Waals surface area contributed by atoms with Crippen molar-refractivity contribution in [1.82, 2.24) is 20.1 Å². The molecule has 0 radical (unpaired) electrons. The molecule has 24 heavy (non-hydrogen) atoms. The zero-order valence-electron chi connectivity index (χ0n) is 13.7. The smallest absolute Gasteiger partial charge is 0.337 e. The molecule has 7 heteroatoms. The molecule has 2 aromatic heterocycles. The molecule has 1 amide bonds. The summed E-state index contributed by atoms with van der Waals surface area (Å²) in [5, 5.41) is 16.1. The van der Waals surface area contributed by atoms with E-state index in [1.54, 1.807) is 11.8 Å². The van der Waals surface area contributed by atoms with Crippen molar-refractivity contribution < 1.29 is 14.7 Å². The number of likely N-dealkylation sites (tertiary alicyclic amines) is 1. The molecule has 3 heterocycles. The zero-order valence-corrected chi connectivity index (χ0v) is 13.7. The summed E-state index contributed by atoms with van der Waals surface area (Å²) in [6.45, 7) is 5.02. The molecule has 2 N–H and O–H groups in total. The number of carboxylic acid groups (broad SMARTS) is 1. The van der Waals surface area contributed by atoms with Gasteiger partial charge in [0, 0.05) is 25.0 Å². The first kappa shape index (κ1) is 16.2. The van der Waals surface area contributed by atoms with E-state index in [9.17, 15) is 9.59 Å². The van der Waals surface area contributed by atoms with Gasteiger partial charge in [-0.1, -0.05) is 0 Å². The maximum atomic E-state index is 12.7. The summed E-state index contributed by atoms with van der Waals surface area (Å²) in [5.41, 5.74) is 3.25. The molecule has 3 rings (SSSR count). The van der Waals surface area contributed by atoms with E-state index < -0.39 is 5.97 Å². The minimum atomic E-state index is -1.08. The lowest BCUT2D eigenvalue weighted by atomic mass is 9.89. The summed E-state index contributed by atoms with van der Waals surface area (Å²) in [6.07, 6.45) is 4.89. The predicted molar refractivity (Wildman–Crippen MR) is 87.1 cm³/mol. The molecule has 0 aromatic carbocycles. The van der Waals surface area contributed by atoms with E-state index in [4.69, 9.17) is 5.11 Å². The van der Waals surface area contributed by atoms with Crippen LogP contribution in [0.2, 0.25) is 0 Å². The number of carbonyl (C=O) groups is 2. The first-order valence-corrected chi connectivity index (χ1v) is 7.96. The summed E-state index contributed by atoms with van der Waals surface area (Å²) in [5.74, 6) is -0.825. The second-order valence-electron chi connectivity index (χ2n) is 6.18. The number of aryl methyl sites for hydroxylation is 2. The molecule has 1 saturated heterocycles. The molecule has 0 atom stereocenters. The minimum absolute atomic E-state index is 0.0351. The van der Waals surface area contributed by atoms with Gasteiger partial charge >= 0.3 is 5.97 Å². The van der Waals surface area contributed by atoms with Crippen LogP contribution in [0.15, 0.2) is 18.5 Å². The second-order valence-corrected chi connectivity index (χ2v) is 6.18. The van der Waals surface area contributed by atoms with Gasteiger partial charge in [0.15, 0.2) is 0 Å². The van der Waals surface area contributed by atoms with Crippen LogP contribution in [0, 0.1) is 13.8 Å². The van der Waals surface area contributed by atoms with Crippen LogP contribution in [-0.2, 0) is 0 Å². The highest BCUT2D eigenvalue weighted by molar-refractivity contribution is 5.98. The van der Waals surface area contributed by atoms with Crippen molar-refractivity contribution in [3.8, 4) is 0 Å². The second kappa shape index (κ2) is 6.43. The SMILES string of the molecule is Cc1ncc(C(=O)O)cc1C(=O)N1CCC(c2cn[nH]c2C)CC1. The minimum Gasteiger partial charge on any atom is -0.478 e. The third-order valence-electron chi connectivity index (χ3n) is 4.66. The number of nitrogens with one attached hydrogen (secondary N) is 1. The van der Waals surface area contributed by atoms with Crippen LogP contribution >= 0.6 is 0 Å². The van der Waals surface area contributed by atoms with Crippen molar-refractivity contribution in [2.75, 3.05) is 13.1 Å². The number of aromatic amines is 1. The fourth-order valence-corrected chi connectivity index (χ4v) is 3.20. The quantitative estimate of drug-likeness (QED) is 0.899. The molecule has 0 unspecified atom stereocenters. The summed E-state index contributed by atoms with van der Waals surface area (Å²) >= 11 is 0. The number of H-pyrrole nitrogens is 1. The molecule has 0 saturated carbocycles. The fraction of sp³-hybridized carbons (Fsp3) is 0.412. The van der Waals surface area contributed by atoms with Crippen molar-refractivity contribution in [2.45, 2.75) is 32.6 Å². The first-order valence-electron chi connectivity index (χ1n) is 7.96. The molecule has 0 aliphatic carbocycles. The van der Waals surface area contributed by atoms with Crippen molar-refractivity contribution in [3.63, 3.8) is 0 Å². The summed E-state index contributed by atoms with van der Waals surface area (Å²) in [6, 6.07) is 1.42. The van der Waals surface area contributed by atoms with Crippen LogP contribution in [0.3, 0.4) is 0 Å². The lowest BCUT2D eigenvalue weighted by Gasteiger charge is -2.32. The summed E-state index contributed by atoms with van der Waals surface area (Å²) in [7, 11) is 0. The van der Waals surface area contributed by atoms with Crippen LogP contribution in [0.5, 0.6) is 0 Å². The Morgan fingerprint density at radius 3 is 2.54 bits per heavy atom. The van der Waals surface area contributed by atoms with Gasteiger partial charge in [-0.3, -0.25) is 14.9 Å². The number of nitrogens with zero attached hydrogens (tertiary/aromatic N) is 3. The molecule has 1 aliphatic rings. The van der Waals surface area contributed by atoms with Crippen LogP contribution in [-0.4, -0.2) is 50.2 Å². The van der Waals surface area contributed by atoms with E-state index >= 15 is 0 Å². The summed E-state index contributed by atoms with van der Waals surface area (Å²) in [4.78, 5) is 29.6. The van der Waals surface area contributed by atoms with E-state index in [1.807, 2.05) is 13.1 Å². The summed E-state index contributed by atoms with van der Waals surface area (Å²) < 4.78 is 0. The number of amides is 1. The lowest BCUT2D eigenvalue weighted by Crippen LogP contribution is -2.38. The number of aromatic nitrogens is 3. The van der Waals surface area contributed by atoms with Gasteiger partial charge in [0.25, 0.3) is 5.91 Å². The van der Waals surface area contributed by atoms with E-state index in [0.717, 1.165) is 18.5 Å². The highest BCUT2D eigenvalue weighted by atomic mass is 16.4. The Bertz CT molecular complexity index is 776. The van der Waals surface area contributed by atoms with E-state index in [0.29, 0.717) is 30.3 Å². The Hall–Kier alpha value is -2.70. The normalized spacial score (nSPS) is 15.5. The number of aromatic carboxylic acids is 1. The number of carboxylic acids is 1. The number of piperidine rings is 1. The largest absolute Gasteiger partial charge is 0.478 e. The average Bonchev–Trinajstić information content (AvgIpc) is 3.00. The molecule has 126 valence electrons. The van der Waals surface area contributed by atoms with Gasteiger partial charge in [0.1, 0.15) is 0 Å². The molecule has 1 fully saturated rings. The molecule has 0 bridgehead atoms. The third kappa shape index (κ3) is 3.02. The van der Waals surface area contributed by atoms with E-state index in [2.05, 4.69) is 15.2 Å². The first-order chi connectivity index (χ1) is 11.5. The molecule has 2 aromatic rings. The lowest BCUT2D eigenvalue weighted by molar-refractivity contribution is 0.0696. The van der Waals surface area contributed by atoms with Gasteiger partial charge in [0.2, 0.25) is 0 Å². The van der Waals surface area contributed by atoms with Crippen LogP contribution in [0.1, 0.15) is 56.4 Å². The highest BCUT2D eigenvalue weighted by Gasteiger charge is 2.27. The Labute approximate surface area is 139 Å². The van der Waals surface area contributed by atoms with Crippen molar-refractivity contribution >= 4 is 11.9 Å². The predicted octanol–water partition coefficient (Wildman–Crippen LogP) is 2.14. The van der Waals surface area contributed by atoms with E-state index in [-0.39, 0.29) is 11.5 Å². The van der Waals surface area contributed by atoms with Gasteiger partial charge in [-0.05, 0) is 44.2 Å². The average molecular weight is 328 g/mol. The van der Waals surface area contributed by atoms with Gasteiger partial charge in [-0.15, -0.1) is 0 Å². The Morgan fingerprint density at radius 2 is 1.96 bits per heavy atom. The number of rotatable bonds is 3. The van der Waals surface area contributed by atoms with Crippen molar-refractivity contribution in [3.05, 3.63) is 46.5 Å². The van der Waals surface area contributed by atoms with Crippen LogP contribution in [0.4, 0.5) is 0 Å². The number of carbonyl (C=O) groups excluding carboxylic acids is 1. The number of pyridine rings is 1. The number of hydrogen-bond acceptors (Lipinski definition) is 4. The van der Waals surface area contributed by atoms with Crippen molar-refractivity contribution in [2.24, 2.45) is 0 Å². The van der Waals surface area contributed by atoms with Gasteiger partial charge in [-0.2, -0.15) is 5.10 Å². The topological polar surface area (TPSA) is 99.2 Å². The molecule has 1 aliphatic heterocycles. The molecule has 0 spiro atoms.